The fourth-order valence-electron chi connectivity index (χ4n) is 2.82. The van der Waals surface area contributed by atoms with Crippen LogP contribution in [-0.4, -0.2) is 38.1 Å². The van der Waals surface area contributed by atoms with Crippen molar-refractivity contribution in [2.24, 2.45) is 5.41 Å². The number of piperidine rings is 1. The van der Waals surface area contributed by atoms with Crippen LogP contribution in [0.4, 0.5) is 0 Å². The maximum Gasteiger partial charge on any atom is 0.305 e. The van der Waals surface area contributed by atoms with Crippen LogP contribution in [0.5, 0.6) is 0 Å². The van der Waals surface area contributed by atoms with Crippen molar-refractivity contribution in [3.05, 3.63) is 0 Å². The number of carbonyl (C=O) groups is 2. The van der Waals surface area contributed by atoms with Crippen molar-refractivity contribution < 1.29 is 14.3 Å². The monoisotopic (exact) mass is 284 g/mol. The summed E-state index contributed by atoms with van der Waals surface area (Å²) in [5.41, 5.74) is -0.253. The zero-order valence-corrected chi connectivity index (χ0v) is 12.8. The second-order valence-corrected chi connectivity index (χ2v) is 5.48. The predicted octanol–water partition coefficient (Wildman–Crippen LogP) is 1.62. The molecule has 0 aliphatic carbocycles. The van der Waals surface area contributed by atoms with Crippen LogP contribution in [0.3, 0.4) is 0 Å². The molecule has 1 aliphatic heterocycles. The van der Waals surface area contributed by atoms with Gasteiger partial charge in [-0.05, 0) is 39.2 Å². The number of carbonyl (C=O) groups excluding carboxylic acids is 2. The van der Waals surface area contributed by atoms with E-state index in [0.717, 1.165) is 38.8 Å². The molecule has 1 amide bonds. The maximum absolute atomic E-state index is 12.4. The number of amides is 1. The Balaban J connectivity index is 2.33. The van der Waals surface area contributed by atoms with Crippen LogP contribution in [0.25, 0.3) is 0 Å². The lowest BCUT2D eigenvalue weighted by Gasteiger charge is -2.36. The number of hydrogen-bond acceptors (Lipinski definition) is 4. The predicted molar refractivity (Wildman–Crippen MR) is 78.3 cm³/mol. The van der Waals surface area contributed by atoms with Gasteiger partial charge in [-0.25, -0.2) is 0 Å². The van der Waals surface area contributed by atoms with Crippen LogP contribution in [0.15, 0.2) is 0 Å². The Hall–Kier alpha value is -1.10. The first-order valence-electron chi connectivity index (χ1n) is 7.79. The second-order valence-electron chi connectivity index (χ2n) is 5.48. The topological polar surface area (TPSA) is 67.4 Å². The van der Waals surface area contributed by atoms with E-state index in [1.807, 2.05) is 0 Å². The number of rotatable bonds is 8. The summed E-state index contributed by atoms with van der Waals surface area (Å²) in [4.78, 5) is 23.6. The highest BCUT2D eigenvalue weighted by molar-refractivity contribution is 5.83. The van der Waals surface area contributed by atoms with Crippen molar-refractivity contribution in [2.75, 3.05) is 26.2 Å². The van der Waals surface area contributed by atoms with E-state index in [0.29, 0.717) is 26.0 Å². The molecule has 0 aromatic heterocycles. The summed E-state index contributed by atoms with van der Waals surface area (Å²) in [6.07, 6.45) is 4.95. The van der Waals surface area contributed by atoms with Crippen molar-refractivity contribution in [1.29, 1.82) is 0 Å². The lowest BCUT2D eigenvalue weighted by atomic mass is 9.76. The standard InChI is InChI=1S/C15H28N2O3/c1-3-8-15(9-6-10-16-12-15)14(19)17-11-5-7-13(18)20-4-2/h16H,3-12H2,1-2H3,(H,17,19). The Morgan fingerprint density at radius 2 is 2.15 bits per heavy atom. The summed E-state index contributed by atoms with van der Waals surface area (Å²) in [6, 6.07) is 0. The van der Waals surface area contributed by atoms with Crippen LogP contribution in [0, 0.1) is 5.41 Å². The molecule has 1 rings (SSSR count). The average molecular weight is 284 g/mol. The molecule has 2 N–H and O–H groups in total. The van der Waals surface area contributed by atoms with Gasteiger partial charge in [-0.2, -0.15) is 0 Å². The first kappa shape index (κ1) is 17.0. The smallest absolute Gasteiger partial charge is 0.305 e. The van der Waals surface area contributed by atoms with Crippen molar-refractivity contribution in [3.8, 4) is 0 Å². The quantitative estimate of drug-likeness (QED) is 0.525. The third kappa shape index (κ3) is 5.12. The number of esters is 1. The molecule has 0 radical (unpaired) electrons. The normalized spacial score (nSPS) is 22.3. The zero-order chi connectivity index (χ0) is 14.8. The summed E-state index contributed by atoms with van der Waals surface area (Å²) in [7, 11) is 0. The van der Waals surface area contributed by atoms with E-state index in [9.17, 15) is 9.59 Å². The molecule has 5 nitrogen and oxygen atoms in total. The molecule has 116 valence electrons. The highest BCUT2D eigenvalue weighted by Gasteiger charge is 2.38. The van der Waals surface area contributed by atoms with Gasteiger partial charge in [0.05, 0.1) is 12.0 Å². The Morgan fingerprint density at radius 1 is 1.35 bits per heavy atom. The maximum atomic E-state index is 12.4. The van der Waals surface area contributed by atoms with E-state index in [1.165, 1.54) is 0 Å². The molecule has 1 aliphatic rings. The Morgan fingerprint density at radius 3 is 2.75 bits per heavy atom. The van der Waals surface area contributed by atoms with E-state index in [4.69, 9.17) is 4.74 Å². The summed E-state index contributed by atoms with van der Waals surface area (Å²) in [6.45, 7) is 6.64. The van der Waals surface area contributed by atoms with Gasteiger partial charge in [-0.3, -0.25) is 9.59 Å². The van der Waals surface area contributed by atoms with Gasteiger partial charge < -0.3 is 15.4 Å². The van der Waals surface area contributed by atoms with Crippen LogP contribution in [0.2, 0.25) is 0 Å². The van der Waals surface area contributed by atoms with E-state index >= 15 is 0 Å². The van der Waals surface area contributed by atoms with Gasteiger partial charge in [-0.15, -0.1) is 0 Å². The minimum Gasteiger partial charge on any atom is -0.466 e. The minimum absolute atomic E-state index is 0.135. The second kappa shape index (κ2) is 8.95. The van der Waals surface area contributed by atoms with Gasteiger partial charge in [0.1, 0.15) is 0 Å². The fraction of sp³-hybridized carbons (Fsp3) is 0.867. The lowest BCUT2D eigenvalue weighted by Crippen LogP contribution is -2.50. The molecule has 0 saturated carbocycles. The first-order chi connectivity index (χ1) is 9.64. The van der Waals surface area contributed by atoms with Crippen LogP contribution >= 0.6 is 0 Å². The molecule has 0 aromatic carbocycles. The van der Waals surface area contributed by atoms with E-state index < -0.39 is 0 Å². The molecule has 1 saturated heterocycles. The molecule has 1 atom stereocenters. The average Bonchev–Trinajstić information content (AvgIpc) is 2.45. The SMILES string of the molecule is CCCC1(C(=O)NCCCC(=O)OCC)CCCNC1. The molecular weight excluding hydrogens is 256 g/mol. The van der Waals surface area contributed by atoms with E-state index in [1.54, 1.807) is 6.92 Å². The third-order valence-corrected chi connectivity index (χ3v) is 3.83. The van der Waals surface area contributed by atoms with E-state index in [2.05, 4.69) is 17.6 Å². The molecule has 20 heavy (non-hydrogen) atoms. The van der Waals surface area contributed by atoms with Crippen LogP contribution < -0.4 is 10.6 Å². The van der Waals surface area contributed by atoms with Gasteiger partial charge in [0, 0.05) is 19.5 Å². The third-order valence-electron chi connectivity index (χ3n) is 3.83. The minimum atomic E-state index is -0.253. The van der Waals surface area contributed by atoms with Crippen molar-refractivity contribution >= 4 is 11.9 Å². The van der Waals surface area contributed by atoms with Gasteiger partial charge >= 0.3 is 5.97 Å². The molecular formula is C15H28N2O3. The number of ether oxygens (including phenoxy) is 1. The van der Waals surface area contributed by atoms with Gasteiger partial charge in [0.15, 0.2) is 0 Å². The number of hydrogen-bond donors (Lipinski definition) is 2. The highest BCUT2D eigenvalue weighted by atomic mass is 16.5. The zero-order valence-electron chi connectivity index (χ0n) is 12.8. The van der Waals surface area contributed by atoms with Gasteiger partial charge in [0.2, 0.25) is 5.91 Å². The molecule has 0 spiro atoms. The van der Waals surface area contributed by atoms with Gasteiger partial charge in [-0.1, -0.05) is 13.3 Å². The Labute approximate surface area is 121 Å². The highest BCUT2D eigenvalue weighted by Crippen LogP contribution is 2.31. The largest absolute Gasteiger partial charge is 0.466 e. The first-order valence-corrected chi connectivity index (χ1v) is 7.79. The molecule has 1 fully saturated rings. The summed E-state index contributed by atoms with van der Waals surface area (Å²) in [5.74, 6) is -0.0558. The summed E-state index contributed by atoms with van der Waals surface area (Å²) < 4.78 is 4.86. The van der Waals surface area contributed by atoms with Crippen molar-refractivity contribution in [3.63, 3.8) is 0 Å². The van der Waals surface area contributed by atoms with Crippen molar-refractivity contribution in [1.82, 2.24) is 10.6 Å². The Kier molecular flexibility index (Phi) is 7.59. The molecule has 0 aromatic rings. The molecule has 1 unspecified atom stereocenters. The molecule has 5 heteroatoms. The van der Waals surface area contributed by atoms with Crippen LogP contribution in [-0.2, 0) is 14.3 Å². The Bertz CT molecular complexity index is 307. The van der Waals surface area contributed by atoms with Crippen LogP contribution in [0.1, 0.15) is 52.4 Å². The number of nitrogens with one attached hydrogen (secondary N) is 2. The summed E-state index contributed by atoms with van der Waals surface area (Å²) >= 11 is 0. The molecule has 1 heterocycles. The van der Waals surface area contributed by atoms with Gasteiger partial charge in [0.25, 0.3) is 0 Å². The fourth-order valence-corrected chi connectivity index (χ4v) is 2.82. The van der Waals surface area contributed by atoms with E-state index in [-0.39, 0.29) is 17.3 Å². The lowest BCUT2D eigenvalue weighted by molar-refractivity contribution is -0.143. The van der Waals surface area contributed by atoms with Crippen molar-refractivity contribution in [2.45, 2.75) is 52.4 Å². The molecule has 0 bridgehead atoms. The summed E-state index contributed by atoms with van der Waals surface area (Å²) in [5, 5.41) is 6.32.